The van der Waals surface area contributed by atoms with Crippen molar-refractivity contribution in [1.82, 2.24) is 5.32 Å². The maximum Gasteiger partial charge on any atom is 0.337 e. The quantitative estimate of drug-likeness (QED) is 0.492. The number of ether oxygens (including phenoxy) is 1. The van der Waals surface area contributed by atoms with Crippen LogP contribution in [-0.2, 0) is 9.53 Å². The molecular formula is C23H18N2O4S. The van der Waals surface area contributed by atoms with Gasteiger partial charge in [-0.1, -0.05) is 24.0 Å². The fraction of sp³-hybridized carbons (Fsp3) is 0.0870. The normalized spacial score (nSPS) is 9.77. The Morgan fingerprint density at radius 1 is 0.967 bits per heavy atom. The van der Waals surface area contributed by atoms with Crippen molar-refractivity contribution < 1.29 is 19.1 Å². The molecule has 1 aromatic heterocycles. The Morgan fingerprint density at radius 3 is 2.40 bits per heavy atom. The van der Waals surface area contributed by atoms with E-state index in [9.17, 15) is 14.4 Å². The van der Waals surface area contributed by atoms with Gasteiger partial charge in [-0.15, -0.1) is 0 Å². The van der Waals surface area contributed by atoms with Crippen molar-refractivity contribution >= 4 is 34.8 Å². The summed E-state index contributed by atoms with van der Waals surface area (Å²) >= 11 is 1.42. The maximum atomic E-state index is 12.1. The number of carbonyl (C=O) groups is 3. The van der Waals surface area contributed by atoms with Crippen LogP contribution in [0.1, 0.15) is 31.8 Å². The van der Waals surface area contributed by atoms with Crippen molar-refractivity contribution in [2.75, 3.05) is 19.0 Å². The van der Waals surface area contributed by atoms with Crippen LogP contribution in [0.5, 0.6) is 0 Å². The van der Waals surface area contributed by atoms with Gasteiger partial charge in [-0.2, -0.15) is 11.3 Å². The second-order valence-corrected chi connectivity index (χ2v) is 6.93. The average Bonchev–Trinajstić information content (AvgIpc) is 3.31. The Kier molecular flexibility index (Phi) is 6.98. The molecule has 2 aromatic carbocycles. The monoisotopic (exact) mass is 418 g/mol. The summed E-state index contributed by atoms with van der Waals surface area (Å²) in [5, 5.41) is 8.83. The van der Waals surface area contributed by atoms with E-state index >= 15 is 0 Å². The Bertz CT molecular complexity index is 1130. The molecule has 0 fully saturated rings. The number of hydrogen-bond donors (Lipinski definition) is 2. The Labute approximate surface area is 177 Å². The number of nitrogens with one attached hydrogen (secondary N) is 2. The fourth-order valence-electron chi connectivity index (χ4n) is 2.52. The molecule has 0 atom stereocenters. The number of anilines is 1. The zero-order valence-corrected chi connectivity index (χ0v) is 16.9. The van der Waals surface area contributed by atoms with Crippen LogP contribution in [0, 0.1) is 11.8 Å². The van der Waals surface area contributed by atoms with Gasteiger partial charge >= 0.3 is 5.97 Å². The lowest BCUT2D eigenvalue weighted by Gasteiger charge is -2.06. The topological polar surface area (TPSA) is 84.5 Å². The molecule has 0 aliphatic rings. The third-order valence-electron chi connectivity index (χ3n) is 3.97. The van der Waals surface area contributed by atoms with Crippen molar-refractivity contribution in [3.05, 3.63) is 87.6 Å². The maximum absolute atomic E-state index is 12.1. The standard InChI is InChI=1S/C23H18N2O4S/c1-29-23(28)18-6-2-4-16(12-18)8-9-17-5-3-7-20(13-17)25-21(26)14-24-22(27)19-10-11-30-15-19/h2-7,10-13,15H,14H2,1H3,(H,24,27)(H,25,26). The van der Waals surface area contributed by atoms with Gasteiger partial charge in [-0.05, 0) is 47.8 Å². The summed E-state index contributed by atoms with van der Waals surface area (Å²) in [7, 11) is 1.33. The summed E-state index contributed by atoms with van der Waals surface area (Å²) in [5.41, 5.74) is 2.89. The lowest BCUT2D eigenvalue weighted by molar-refractivity contribution is -0.115. The van der Waals surface area contributed by atoms with Gasteiger partial charge in [0.2, 0.25) is 5.91 Å². The number of hydrogen-bond acceptors (Lipinski definition) is 5. The molecule has 2 N–H and O–H groups in total. The Hall–Kier alpha value is -3.89. The first-order valence-corrected chi connectivity index (χ1v) is 9.90. The average molecular weight is 418 g/mol. The lowest BCUT2D eigenvalue weighted by Crippen LogP contribution is -2.32. The zero-order valence-electron chi connectivity index (χ0n) is 16.1. The molecule has 0 radical (unpaired) electrons. The van der Waals surface area contributed by atoms with E-state index in [0.717, 1.165) is 0 Å². The largest absolute Gasteiger partial charge is 0.465 e. The highest BCUT2D eigenvalue weighted by atomic mass is 32.1. The third kappa shape index (κ3) is 5.80. The second-order valence-electron chi connectivity index (χ2n) is 6.15. The summed E-state index contributed by atoms with van der Waals surface area (Å²) in [5.74, 6) is 4.94. The van der Waals surface area contributed by atoms with Gasteiger partial charge in [-0.25, -0.2) is 4.79 Å². The minimum atomic E-state index is -0.422. The second kappa shape index (κ2) is 10.0. The van der Waals surface area contributed by atoms with Crippen molar-refractivity contribution in [3.8, 4) is 11.8 Å². The highest BCUT2D eigenvalue weighted by Gasteiger charge is 2.08. The fourth-order valence-corrected chi connectivity index (χ4v) is 3.16. The summed E-state index contributed by atoms with van der Waals surface area (Å²) in [6, 6.07) is 15.6. The molecule has 7 heteroatoms. The minimum Gasteiger partial charge on any atom is -0.465 e. The van der Waals surface area contributed by atoms with E-state index in [-0.39, 0.29) is 18.4 Å². The molecule has 150 valence electrons. The van der Waals surface area contributed by atoms with Crippen LogP contribution in [0.2, 0.25) is 0 Å². The molecule has 0 unspecified atom stereocenters. The van der Waals surface area contributed by atoms with Gasteiger partial charge in [0.15, 0.2) is 0 Å². The smallest absolute Gasteiger partial charge is 0.337 e. The predicted octanol–water partition coefficient (Wildman–Crippen LogP) is 3.30. The van der Waals surface area contributed by atoms with Crippen molar-refractivity contribution in [2.45, 2.75) is 0 Å². The van der Waals surface area contributed by atoms with Gasteiger partial charge in [0.25, 0.3) is 5.91 Å². The molecule has 1 heterocycles. The molecule has 0 aliphatic carbocycles. The van der Waals surface area contributed by atoms with E-state index in [2.05, 4.69) is 22.5 Å². The van der Waals surface area contributed by atoms with Crippen molar-refractivity contribution in [3.63, 3.8) is 0 Å². The summed E-state index contributed by atoms with van der Waals surface area (Å²) in [6.07, 6.45) is 0. The van der Waals surface area contributed by atoms with Gasteiger partial charge in [0, 0.05) is 27.8 Å². The van der Waals surface area contributed by atoms with Gasteiger partial charge in [0.1, 0.15) is 0 Å². The zero-order chi connectivity index (χ0) is 21.3. The molecule has 3 rings (SSSR count). The first-order valence-electron chi connectivity index (χ1n) is 8.96. The van der Waals surface area contributed by atoms with Crippen LogP contribution in [0.3, 0.4) is 0 Å². The van der Waals surface area contributed by atoms with Crippen LogP contribution < -0.4 is 10.6 Å². The van der Waals surface area contributed by atoms with E-state index in [1.54, 1.807) is 59.3 Å². The molecule has 6 nitrogen and oxygen atoms in total. The van der Waals surface area contributed by atoms with Gasteiger partial charge in [-0.3, -0.25) is 9.59 Å². The Morgan fingerprint density at radius 2 is 1.70 bits per heavy atom. The first kappa shape index (κ1) is 20.8. The van der Waals surface area contributed by atoms with E-state index in [1.807, 2.05) is 6.07 Å². The molecule has 2 amide bonds. The van der Waals surface area contributed by atoms with Crippen LogP contribution in [0.25, 0.3) is 0 Å². The van der Waals surface area contributed by atoms with Gasteiger partial charge in [0.05, 0.1) is 19.2 Å². The van der Waals surface area contributed by atoms with Crippen LogP contribution in [0.4, 0.5) is 5.69 Å². The third-order valence-corrected chi connectivity index (χ3v) is 4.66. The highest BCUT2D eigenvalue weighted by Crippen LogP contribution is 2.11. The molecule has 0 aliphatic heterocycles. The molecule has 0 bridgehead atoms. The van der Waals surface area contributed by atoms with Crippen molar-refractivity contribution in [2.24, 2.45) is 0 Å². The molecule has 0 spiro atoms. The molecular weight excluding hydrogens is 400 g/mol. The first-order chi connectivity index (χ1) is 14.5. The molecule has 0 saturated heterocycles. The number of benzene rings is 2. The number of carbonyl (C=O) groups excluding carboxylic acids is 3. The number of rotatable bonds is 5. The summed E-state index contributed by atoms with van der Waals surface area (Å²) in [4.78, 5) is 35.6. The van der Waals surface area contributed by atoms with Crippen LogP contribution >= 0.6 is 11.3 Å². The molecule has 30 heavy (non-hydrogen) atoms. The number of thiophene rings is 1. The SMILES string of the molecule is COC(=O)c1cccc(C#Cc2cccc(NC(=O)CNC(=O)c3ccsc3)c2)c1. The van der Waals surface area contributed by atoms with E-state index in [4.69, 9.17) is 4.74 Å². The number of amides is 2. The Balaban J connectivity index is 1.61. The van der Waals surface area contributed by atoms with E-state index in [1.165, 1.54) is 18.4 Å². The number of methoxy groups -OCH3 is 1. The van der Waals surface area contributed by atoms with Crippen molar-refractivity contribution in [1.29, 1.82) is 0 Å². The number of esters is 1. The summed E-state index contributed by atoms with van der Waals surface area (Å²) < 4.78 is 4.71. The van der Waals surface area contributed by atoms with Crippen LogP contribution in [0.15, 0.2) is 65.4 Å². The molecule has 3 aromatic rings. The summed E-state index contributed by atoms with van der Waals surface area (Å²) in [6.45, 7) is -0.134. The van der Waals surface area contributed by atoms with E-state index in [0.29, 0.717) is 27.9 Å². The molecule has 0 saturated carbocycles. The highest BCUT2D eigenvalue weighted by molar-refractivity contribution is 7.08. The van der Waals surface area contributed by atoms with Crippen LogP contribution in [-0.4, -0.2) is 31.4 Å². The lowest BCUT2D eigenvalue weighted by atomic mass is 10.1. The van der Waals surface area contributed by atoms with E-state index < -0.39 is 5.97 Å². The predicted molar refractivity (Wildman–Crippen MR) is 115 cm³/mol. The van der Waals surface area contributed by atoms with Gasteiger partial charge < -0.3 is 15.4 Å². The minimum absolute atomic E-state index is 0.134.